The average molecular weight is 278 g/mol. The number of alkyl halides is 3. The number of hydrogen-bond donors (Lipinski definition) is 1. The largest absolute Gasteiger partial charge is 0.417 e. The Morgan fingerprint density at radius 3 is 2.68 bits per heavy atom. The van der Waals surface area contributed by atoms with Gasteiger partial charge in [-0.05, 0) is 25.8 Å². The van der Waals surface area contributed by atoms with Gasteiger partial charge in [0.15, 0.2) is 5.60 Å². The molecule has 0 spiro atoms. The smallest absolute Gasteiger partial charge is 0.380 e. The molecule has 1 fully saturated rings. The molecule has 2 rings (SSSR count). The summed E-state index contributed by atoms with van der Waals surface area (Å²) in [5.74, 6) is 0. The Morgan fingerprint density at radius 1 is 1.37 bits per heavy atom. The zero-order valence-electron chi connectivity index (χ0n) is 10.7. The molecule has 5 nitrogen and oxygen atoms in total. The van der Waals surface area contributed by atoms with Crippen molar-refractivity contribution in [3.63, 3.8) is 0 Å². The van der Waals surface area contributed by atoms with Crippen LogP contribution in [0.3, 0.4) is 0 Å². The summed E-state index contributed by atoms with van der Waals surface area (Å²) in [5, 5.41) is 17.7. The Morgan fingerprint density at radius 2 is 2.11 bits per heavy atom. The van der Waals surface area contributed by atoms with E-state index >= 15 is 0 Å². The van der Waals surface area contributed by atoms with Crippen molar-refractivity contribution in [3.05, 3.63) is 11.9 Å². The van der Waals surface area contributed by atoms with Gasteiger partial charge < -0.3 is 5.11 Å². The second kappa shape index (κ2) is 5.09. The third kappa shape index (κ3) is 3.24. The molecule has 8 heteroatoms. The SMILES string of the molecule is Cn1ncc(CN2CCCC(O)(C(F)(F)F)CC2)n1. The second-order valence-corrected chi connectivity index (χ2v) is 4.98. The quantitative estimate of drug-likeness (QED) is 0.880. The molecule has 108 valence electrons. The molecule has 1 saturated heterocycles. The van der Waals surface area contributed by atoms with Crippen molar-refractivity contribution < 1.29 is 18.3 Å². The van der Waals surface area contributed by atoms with Crippen LogP contribution in [0.2, 0.25) is 0 Å². The van der Waals surface area contributed by atoms with Crippen LogP contribution in [-0.4, -0.2) is 49.9 Å². The Kier molecular flexibility index (Phi) is 3.82. The summed E-state index contributed by atoms with van der Waals surface area (Å²) in [7, 11) is 1.69. The maximum atomic E-state index is 12.8. The number of rotatable bonds is 2. The van der Waals surface area contributed by atoms with Crippen molar-refractivity contribution in [1.29, 1.82) is 0 Å². The predicted molar refractivity (Wildman–Crippen MR) is 61.1 cm³/mol. The molecular formula is C11H17F3N4O. The van der Waals surface area contributed by atoms with Crippen molar-refractivity contribution in [2.75, 3.05) is 13.1 Å². The Hall–Kier alpha value is -1.15. The van der Waals surface area contributed by atoms with Crippen LogP contribution in [0.25, 0.3) is 0 Å². The summed E-state index contributed by atoms with van der Waals surface area (Å²) < 4.78 is 38.3. The molecule has 0 amide bonds. The van der Waals surface area contributed by atoms with E-state index in [1.807, 2.05) is 4.90 Å². The van der Waals surface area contributed by atoms with Gasteiger partial charge in [0.05, 0.1) is 11.9 Å². The number of aryl methyl sites for hydroxylation is 1. The maximum absolute atomic E-state index is 12.8. The second-order valence-electron chi connectivity index (χ2n) is 4.98. The van der Waals surface area contributed by atoms with Crippen LogP contribution in [0.1, 0.15) is 25.0 Å². The van der Waals surface area contributed by atoms with E-state index in [2.05, 4.69) is 10.2 Å². The van der Waals surface area contributed by atoms with Crippen LogP contribution >= 0.6 is 0 Å². The first kappa shape index (κ1) is 14.3. The molecule has 0 saturated carbocycles. The normalized spacial score (nSPS) is 26.4. The van der Waals surface area contributed by atoms with E-state index in [0.29, 0.717) is 19.5 Å². The third-order valence-electron chi connectivity index (χ3n) is 3.47. The van der Waals surface area contributed by atoms with Crippen LogP contribution in [0.15, 0.2) is 6.20 Å². The molecule has 0 bridgehead atoms. The van der Waals surface area contributed by atoms with Gasteiger partial charge in [0.2, 0.25) is 0 Å². The van der Waals surface area contributed by atoms with Crippen molar-refractivity contribution >= 4 is 0 Å². The predicted octanol–water partition coefficient (Wildman–Crippen LogP) is 1.09. The standard InChI is InChI=1S/C11H17F3N4O/c1-17-15-7-9(16-17)8-18-5-2-3-10(19,4-6-18)11(12,13)14/h7,19H,2-6,8H2,1H3. The highest BCUT2D eigenvalue weighted by molar-refractivity contribution is 4.94. The van der Waals surface area contributed by atoms with Gasteiger partial charge in [0, 0.05) is 20.1 Å². The summed E-state index contributed by atoms with van der Waals surface area (Å²) in [5.41, 5.74) is -1.83. The average Bonchev–Trinajstić information content (AvgIpc) is 2.59. The highest BCUT2D eigenvalue weighted by Crippen LogP contribution is 2.38. The van der Waals surface area contributed by atoms with Gasteiger partial charge in [0.1, 0.15) is 0 Å². The first-order chi connectivity index (χ1) is 8.80. The Labute approximate surface area is 109 Å². The first-order valence-electron chi connectivity index (χ1n) is 6.17. The topological polar surface area (TPSA) is 54.2 Å². The van der Waals surface area contributed by atoms with Crippen molar-refractivity contribution in [2.24, 2.45) is 7.05 Å². The summed E-state index contributed by atoms with van der Waals surface area (Å²) >= 11 is 0. The number of likely N-dealkylation sites (tertiary alicyclic amines) is 1. The van der Waals surface area contributed by atoms with E-state index in [4.69, 9.17) is 0 Å². The molecule has 1 aliphatic rings. The molecule has 1 aromatic heterocycles. The molecule has 19 heavy (non-hydrogen) atoms. The first-order valence-corrected chi connectivity index (χ1v) is 6.17. The van der Waals surface area contributed by atoms with E-state index < -0.39 is 11.8 Å². The van der Waals surface area contributed by atoms with Crippen molar-refractivity contribution in [3.8, 4) is 0 Å². The maximum Gasteiger partial charge on any atom is 0.417 e. The molecule has 0 radical (unpaired) electrons. The van der Waals surface area contributed by atoms with Crippen molar-refractivity contribution in [1.82, 2.24) is 19.9 Å². The third-order valence-corrected chi connectivity index (χ3v) is 3.47. The van der Waals surface area contributed by atoms with Gasteiger partial charge in [-0.25, -0.2) is 0 Å². The molecule has 2 heterocycles. The Bertz CT molecular complexity index is 434. The van der Waals surface area contributed by atoms with Gasteiger partial charge in [-0.2, -0.15) is 28.2 Å². The summed E-state index contributed by atoms with van der Waals surface area (Å²) in [6.45, 7) is 1.18. The molecule has 0 aromatic carbocycles. The molecule has 1 atom stereocenters. The highest BCUT2D eigenvalue weighted by atomic mass is 19.4. The lowest BCUT2D eigenvalue weighted by Gasteiger charge is -2.29. The van der Waals surface area contributed by atoms with Crippen LogP contribution in [0.4, 0.5) is 13.2 Å². The zero-order chi connectivity index (χ0) is 14.1. The van der Waals surface area contributed by atoms with Crippen LogP contribution in [0, 0.1) is 0 Å². The van der Waals surface area contributed by atoms with Gasteiger partial charge in [-0.15, -0.1) is 0 Å². The van der Waals surface area contributed by atoms with E-state index in [1.54, 1.807) is 13.2 Å². The number of hydrogen-bond acceptors (Lipinski definition) is 4. The fourth-order valence-corrected chi connectivity index (χ4v) is 2.31. The summed E-state index contributed by atoms with van der Waals surface area (Å²) in [4.78, 5) is 3.28. The van der Waals surface area contributed by atoms with Crippen LogP contribution in [0.5, 0.6) is 0 Å². The van der Waals surface area contributed by atoms with Gasteiger partial charge >= 0.3 is 6.18 Å². The molecular weight excluding hydrogens is 261 g/mol. The number of aliphatic hydroxyl groups is 1. The fraction of sp³-hybridized carbons (Fsp3) is 0.818. The molecule has 1 aliphatic heterocycles. The van der Waals surface area contributed by atoms with Gasteiger partial charge in [-0.1, -0.05) is 0 Å². The molecule has 1 aromatic rings. The molecule has 1 unspecified atom stereocenters. The summed E-state index contributed by atoms with van der Waals surface area (Å²) in [6.07, 6.45) is -3.18. The van der Waals surface area contributed by atoms with Gasteiger partial charge in [-0.3, -0.25) is 4.90 Å². The minimum atomic E-state index is -4.56. The summed E-state index contributed by atoms with van der Waals surface area (Å²) in [6, 6.07) is 0. The van der Waals surface area contributed by atoms with E-state index in [9.17, 15) is 18.3 Å². The number of nitrogens with zero attached hydrogens (tertiary/aromatic N) is 4. The minimum Gasteiger partial charge on any atom is -0.380 e. The zero-order valence-corrected chi connectivity index (χ0v) is 10.7. The molecule has 1 N–H and O–H groups in total. The van der Waals surface area contributed by atoms with Crippen LogP contribution < -0.4 is 0 Å². The lowest BCUT2D eigenvalue weighted by Crippen LogP contribution is -2.45. The van der Waals surface area contributed by atoms with E-state index in [0.717, 1.165) is 5.69 Å². The highest BCUT2D eigenvalue weighted by Gasteiger charge is 2.53. The van der Waals surface area contributed by atoms with Crippen LogP contribution in [-0.2, 0) is 13.6 Å². The minimum absolute atomic E-state index is 0.201. The van der Waals surface area contributed by atoms with E-state index in [1.165, 1.54) is 4.80 Å². The number of halogens is 3. The van der Waals surface area contributed by atoms with E-state index in [-0.39, 0.29) is 19.4 Å². The van der Waals surface area contributed by atoms with Gasteiger partial charge in [0.25, 0.3) is 0 Å². The lowest BCUT2D eigenvalue weighted by molar-refractivity contribution is -0.263. The number of aromatic nitrogens is 3. The fourth-order valence-electron chi connectivity index (χ4n) is 2.31. The molecule has 0 aliphatic carbocycles. The lowest BCUT2D eigenvalue weighted by atomic mass is 9.94. The Balaban J connectivity index is 1.97. The monoisotopic (exact) mass is 278 g/mol. The van der Waals surface area contributed by atoms with Crippen molar-refractivity contribution in [2.45, 2.75) is 37.6 Å².